The van der Waals surface area contributed by atoms with Gasteiger partial charge in [0.2, 0.25) is 0 Å². The molecule has 0 radical (unpaired) electrons. The summed E-state index contributed by atoms with van der Waals surface area (Å²) in [6.07, 6.45) is 5.76. The second-order valence-corrected chi connectivity index (χ2v) is 8.99. The van der Waals surface area contributed by atoms with E-state index in [0.717, 1.165) is 44.9 Å². The van der Waals surface area contributed by atoms with Crippen molar-refractivity contribution in [1.29, 1.82) is 0 Å². The minimum Gasteiger partial charge on any atom is -0.497 e. The lowest BCUT2D eigenvalue weighted by molar-refractivity contribution is -0.157. The van der Waals surface area contributed by atoms with E-state index in [2.05, 4.69) is 0 Å². The molecule has 1 saturated carbocycles. The summed E-state index contributed by atoms with van der Waals surface area (Å²) in [6.45, 7) is 1.98. The Morgan fingerprint density at radius 2 is 1.62 bits per heavy atom. The first kappa shape index (κ1) is 25.7. The summed E-state index contributed by atoms with van der Waals surface area (Å²) >= 11 is 0. The molecule has 2 aromatic carbocycles. The molecule has 0 amide bonds. The van der Waals surface area contributed by atoms with Crippen LogP contribution in [0.3, 0.4) is 0 Å². The summed E-state index contributed by atoms with van der Waals surface area (Å²) in [7, 11) is 1.58. The lowest BCUT2D eigenvalue weighted by Gasteiger charge is -2.28. The first-order valence-electron chi connectivity index (χ1n) is 12.3. The molecule has 0 spiro atoms. The summed E-state index contributed by atoms with van der Waals surface area (Å²) in [5.74, 6) is 0.675. The van der Waals surface area contributed by atoms with E-state index in [1.165, 1.54) is 5.56 Å². The molecular formula is C28H35FO5. The van der Waals surface area contributed by atoms with Crippen LogP contribution in [0.1, 0.15) is 74.2 Å². The standard InChI is InChI=1S/C28H35FO5/c1-3-4-5-26(29)28(31)34-25-16-10-21(11-17-25)7-6-20-8-14-24(15-9-20)33-27(30)22-12-18-23(32-2)19-13-22/h8-9,12-15,18-19,21,25-26H,3-7,10-11,16-17H2,1-2H3/t21-,25-,26-/m0/s1. The molecule has 184 valence electrons. The highest BCUT2D eigenvalue weighted by atomic mass is 19.1. The predicted molar refractivity (Wildman–Crippen MR) is 129 cm³/mol. The van der Waals surface area contributed by atoms with Crippen LogP contribution >= 0.6 is 0 Å². The lowest BCUT2D eigenvalue weighted by Crippen LogP contribution is -2.29. The zero-order valence-corrected chi connectivity index (χ0v) is 20.1. The van der Waals surface area contributed by atoms with Gasteiger partial charge in [-0.1, -0.05) is 31.9 Å². The molecule has 3 rings (SSSR count). The number of benzene rings is 2. The van der Waals surface area contributed by atoms with Gasteiger partial charge in [0.15, 0.2) is 6.17 Å². The van der Waals surface area contributed by atoms with Crippen LogP contribution in [0, 0.1) is 5.92 Å². The molecule has 1 atom stereocenters. The second kappa shape index (κ2) is 13.1. The van der Waals surface area contributed by atoms with Gasteiger partial charge in [0.05, 0.1) is 12.7 Å². The number of unbranched alkanes of at least 4 members (excludes halogenated alkanes) is 1. The van der Waals surface area contributed by atoms with Gasteiger partial charge in [0.25, 0.3) is 0 Å². The van der Waals surface area contributed by atoms with E-state index in [0.29, 0.717) is 29.4 Å². The van der Waals surface area contributed by atoms with Gasteiger partial charge in [-0.2, -0.15) is 0 Å². The molecule has 0 unspecified atom stereocenters. The average Bonchev–Trinajstić information content (AvgIpc) is 2.87. The SMILES string of the molecule is CCCC[C@H](F)C(=O)O[C@H]1CC[C@H](CCc2ccc(OC(=O)c3ccc(OC)cc3)cc2)CC1. The zero-order valence-electron chi connectivity index (χ0n) is 20.1. The van der Waals surface area contributed by atoms with Crippen molar-refractivity contribution in [2.45, 2.75) is 77.0 Å². The third-order valence-corrected chi connectivity index (χ3v) is 6.44. The van der Waals surface area contributed by atoms with E-state index < -0.39 is 18.1 Å². The Kier molecular flexibility index (Phi) is 9.92. The van der Waals surface area contributed by atoms with Crippen molar-refractivity contribution < 1.29 is 28.2 Å². The fourth-order valence-corrected chi connectivity index (χ4v) is 4.27. The van der Waals surface area contributed by atoms with E-state index >= 15 is 0 Å². The number of halogens is 1. The number of carbonyl (C=O) groups is 2. The van der Waals surface area contributed by atoms with Crippen LogP contribution in [0.15, 0.2) is 48.5 Å². The average molecular weight is 471 g/mol. The highest BCUT2D eigenvalue weighted by Crippen LogP contribution is 2.30. The Morgan fingerprint density at radius 3 is 2.24 bits per heavy atom. The quantitative estimate of drug-likeness (QED) is 0.278. The highest BCUT2D eigenvalue weighted by Gasteiger charge is 2.27. The van der Waals surface area contributed by atoms with Crippen LogP contribution in [0.25, 0.3) is 0 Å². The van der Waals surface area contributed by atoms with Crippen molar-refractivity contribution in [2.75, 3.05) is 7.11 Å². The summed E-state index contributed by atoms with van der Waals surface area (Å²) in [5, 5.41) is 0. The van der Waals surface area contributed by atoms with Gasteiger partial charge in [-0.25, -0.2) is 14.0 Å². The number of aryl methyl sites for hydroxylation is 1. The van der Waals surface area contributed by atoms with Gasteiger partial charge in [0.1, 0.15) is 17.6 Å². The van der Waals surface area contributed by atoms with Gasteiger partial charge in [-0.15, -0.1) is 0 Å². The maximum Gasteiger partial charge on any atom is 0.343 e. The summed E-state index contributed by atoms with van der Waals surface area (Å²) in [4.78, 5) is 24.2. The molecule has 0 aromatic heterocycles. The Balaban J connectivity index is 1.37. The second-order valence-electron chi connectivity index (χ2n) is 8.99. The number of esters is 2. The summed E-state index contributed by atoms with van der Waals surface area (Å²) in [6, 6.07) is 14.4. The highest BCUT2D eigenvalue weighted by molar-refractivity contribution is 5.91. The topological polar surface area (TPSA) is 61.8 Å². The minimum absolute atomic E-state index is 0.150. The zero-order chi connectivity index (χ0) is 24.3. The first-order chi connectivity index (χ1) is 16.5. The molecule has 6 heteroatoms. The molecule has 0 heterocycles. The van der Waals surface area contributed by atoms with Crippen LogP contribution in [0.5, 0.6) is 11.5 Å². The maximum atomic E-state index is 13.8. The Bertz CT molecular complexity index is 901. The van der Waals surface area contributed by atoms with E-state index in [1.54, 1.807) is 31.4 Å². The molecule has 0 saturated heterocycles. The van der Waals surface area contributed by atoms with E-state index in [-0.39, 0.29) is 12.5 Å². The Labute approximate surface area is 201 Å². The van der Waals surface area contributed by atoms with Crippen molar-refractivity contribution in [3.05, 3.63) is 59.7 Å². The first-order valence-corrected chi connectivity index (χ1v) is 12.3. The molecule has 5 nitrogen and oxygen atoms in total. The number of rotatable bonds is 11. The summed E-state index contributed by atoms with van der Waals surface area (Å²) in [5.41, 5.74) is 1.66. The van der Waals surface area contributed by atoms with Crippen molar-refractivity contribution in [1.82, 2.24) is 0 Å². The Hall–Kier alpha value is -2.89. The van der Waals surface area contributed by atoms with Gasteiger partial charge >= 0.3 is 11.9 Å². The number of hydrogen-bond acceptors (Lipinski definition) is 5. The van der Waals surface area contributed by atoms with Crippen molar-refractivity contribution in [2.24, 2.45) is 5.92 Å². The smallest absolute Gasteiger partial charge is 0.343 e. The molecule has 0 N–H and O–H groups in total. The van der Waals surface area contributed by atoms with E-state index in [1.807, 2.05) is 31.2 Å². The number of hydrogen-bond donors (Lipinski definition) is 0. The van der Waals surface area contributed by atoms with Crippen LogP contribution in [-0.2, 0) is 16.0 Å². The normalized spacial score (nSPS) is 18.7. The van der Waals surface area contributed by atoms with E-state index in [4.69, 9.17) is 14.2 Å². The molecule has 34 heavy (non-hydrogen) atoms. The number of alkyl halides is 1. The minimum atomic E-state index is -1.49. The van der Waals surface area contributed by atoms with Gasteiger partial charge in [-0.05, 0) is 92.8 Å². The van der Waals surface area contributed by atoms with Crippen LogP contribution in [-0.4, -0.2) is 31.3 Å². The predicted octanol–water partition coefficient (Wildman–Crippen LogP) is 6.48. The molecule has 0 aliphatic heterocycles. The molecule has 1 fully saturated rings. The maximum absolute atomic E-state index is 13.8. The van der Waals surface area contributed by atoms with Crippen molar-refractivity contribution in [3.8, 4) is 11.5 Å². The van der Waals surface area contributed by atoms with Gasteiger partial charge in [-0.3, -0.25) is 0 Å². The van der Waals surface area contributed by atoms with Gasteiger partial charge < -0.3 is 14.2 Å². The lowest BCUT2D eigenvalue weighted by atomic mass is 9.83. The molecule has 1 aliphatic rings. The number of ether oxygens (including phenoxy) is 3. The number of carbonyl (C=O) groups excluding carboxylic acids is 2. The fraction of sp³-hybridized carbons (Fsp3) is 0.500. The summed E-state index contributed by atoms with van der Waals surface area (Å²) < 4.78 is 29.8. The third-order valence-electron chi connectivity index (χ3n) is 6.44. The van der Waals surface area contributed by atoms with Crippen molar-refractivity contribution >= 4 is 11.9 Å². The molecule has 2 aromatic rings. The molecule has 1 aliphatic carbocycles. The van der Waals surface area contributed by atoms with Gasteiger partial charge in [0, 0.05) is 0 Å². The fourth-order valence-electron chi connectivity index (χ4n) is 4.27. The Morgan fingerprint density at radius 1 is 0.971 bits per heavy atom. The van der Waals surface area contributed by atoms with Crippen LogP contribution in [0.2, 0.25) is 0 Å². The number of methoxy groups -OCH3 is 1. The van der Waals surface area contributed by atoms with Crippen molar-refractivity contribution in [3.63, 3.8) is 0 Å². The largest absolute Gasteiger partial charge is 0.497 e. The van der Waals surface area contributed by atoms with Crippen LogP contribution in [0.4, 0.5) is 4.39 Å². The molecular weight excluding hydrogens is 435 g/mol. The van der Waals surface area contributed by atoms with E-state index in [9.17, 15) is 14.0 Å². The van der Waals surface area contributed by atoms with Crippen LogP contribution < -0.4 is 9.47 Å². The third kappa shape index (κ3) is 7.86. The molecule has 0 bridgehead atoms. The monoisotopic (exact) mass is 470 g/mol.